The second-order valence-electron chi connectivity index (χ2n) is 3.97. The molecule has 0 aliphatic rings. The van der Waals surface area contributed by atoms with Crippen LogP contribution < -0.4 is 5.32 Å². The van der Waals surface area contributed by atoms with Gasteiger partial charge in [-0.3, -0.25) is 4.79 Å². The number of aryl methyl sites for hydroxylation is 1. The molecule has 5 heteroatoms. The topological polar surface area (TPSA) is 66.4 Å². The van der Waals surface area contributed by atoms with Crippen molar-refractivity contribution in [3.63, 3.8) is 0 Å². The van der Waals surface area contributed by atoms with Crippen molar-refractivity contribution in [3.05, 3.63) is 28.0 Å². The number of hydrogen-bond acceptors (Lipinski definition) is 3. The van der Waals surface area contributed by atoms with Crippen molar-refractivity contribution in [3.8, 4) is 0 Å². The number of carboxylic acids is 1. The van der Waals surface area contributed by atoms with Crippen LogP contribution in [-0.2, 0) is 9.59 Å². The van der Waals surface area contributed by atoms with Gasteiger partial charge in [-0.1, -0.05) is 13.3 Å². The van der Waals surface area contributed by atoms with Crippen LogP contribution in [0, 0.1) is 6.92 Å². The standard InChI is InChI=1S/C13H17NO3S/c1-3-4-11(13(16)17)14-12(15)8-7-10-6-5-9(2)18-10/h5-8,11H,3-4H2,1-2H3,(H,14,15)(H,16,17)/b8-7+/t11-/m0/s1. The van der Waals surface area contributed by atoms with E-state index in [1.807, 2.05) is 26.0 Å². The maximum atomic E-state index is 11.6. The van der Waals surface area contributed by atoms with Crippen LogP contribution in [-0.4, -0.2) is 23.0 Å². The van der Waals surface area contributed by atoms with Crippen LogP contribution in [0.1, 0.15) is 29.5 Å². The summed E-state index contributed by atoms with van der Waals surface area (Å²) in [5.74, 6) is -1.37. The van der Waals surface area contributed by atoms with Gasteiger partial charge in [-0.2, -0.15) is 0 Å². The third-order valence-corrected chi connectivity index (χ3v) is 3.32. The number of aliphatic carboxylic acids is 1. The van der Waals surface area contributed by atoms with E-state index in [0.717, 1.165) is 4.88 Å². The molecule has 1 atom stereocenters. The fraction of sp³-hybridized carbons (Fsp3) is 0.385. The van der Waals surface area contributed by atoms with Gasteiger partial charge in [-0.15, -0.1) is 11.3 Å². The van der Waals surface area contributed by atoms with Crippen molar-refractivity contribution in [2.24, 2.45) is 0 Å². The average molecular weight is 267 g/mol. The summed E-state index contributed by atoms with van der Waals surface area (Å²) in [7, 11) is 0. The summed E-state index contributed by atoms with van der Waals surface area (Å²) in [6.45, 7) is 3.87. The zero-order valence-electron chi connectivity index (χ0n) is 10.5. The normalized spacial score (nSPS) is 12.6. The van der Waals surface area contributed by atoms with Gasteiger partial charge in [0.25, 0.3) is 0 Å². The summed E-state index contributed by atoms with van der Waals surface area (Å²) in [4.78, 5) is 24.6. The zero-order valence-corrected chi connectivity index (χ0v) is 11.3. The van der Waals surface area contributed by atoms with Gasteiger partial charge < -0.3 is 10.4 Å². The first kappa shape index (κ1) is 14.4. The lowest BCUT2D eigenvalue weighted by Gasteiger charge is -2.11. The van der Waals surface area contributed by atoms with Crippen LogP contribution in [0.15, 0.2) is 18.2 Å². The minimum absolute atomic E-state index is 0.373. The molecule has 1 aromatic rings. The van der Waals surface area contributed by atoms with Gasteiger partial charge in [0.1, 0.15) is 6.04 Å². The highest BCUT2D eigenvalue weighted by atomic mass is 32.1. The summed E-state index contributed by atoms with van der Waals surface area (Å²) in [6.07, 6.45) is 4.22. The maximum Gasteiger partial charge on any atom is 0.326 e. The third kappa shape index (κ3) is 4.71. The second kappa shape index (κ2) is 6.96. The van der Waals surface area contributed by atoms with E-state index in [-0.39, 0.29) is 5.91 Å². The molecule has 0 bridgehead atoms. The zero-order chi connectivity index (χ0) is 13.5. The second-order valence-corrected chi connectivity index (χ2v) is 5.29. The number of carbonyl (C=O) groups is 2. The maximum absolute atomic E-state index is 11.6. The molecule has 98 valence electrons. The van der Waals surface area contributed by atoms with Gasteiger partial charge in [0.15, 0.2) is 0 Å². The van der Waals surface area contributed by atoms with Crippen LogP contribution in [0.3, 0.4) is 0 Å². The molecule has 1 rings (SSSR count). The lowest BCUT2D eigenvalue weighted by atomic mass is 10.1. The minimum Gasteiger partial charge on any atom is -0.480 e. The molecule has 0 fully saturated rings. The highest BCUT2D eigenvalue weighted by molar-refractivity contribution is 7.12. The summed E-state index contributed by atoms with van der Waals surface area (Å²) in [5.41, 5.74) is 0. The molecular weight excluding hydrogens is 250 g/mol. The van der Waals surface area contributed by atoms with Crippen molar-refractivity contribution < 1.29 is 14.7 Å². The molecule has 1 aromatic heterocycles. The molecule has 18 heavy (non-hydrogen) atoms. The lowest BCUT2D eigenvalue weighted by Crippen LogP contribution is -2.39. The highest BCUT2D eigenvalue weighted by Crippen LogP contribution is 2.16. The van der Waals surface area contributed by atoms with Crippen LogP contribution in [0.2, 0.25) is 0 Å². The molecular formula is C13H17NO3S. The van der Waals surface area contributed by atoms with Gasteiger partial charge >= 0.3 is 5.97 Å². The molecule has 0 saturated heterocycles. The monoisotopic (exact) mass is 267 g/mol. The molecule has 0 radical (unpaired) electrons. The van der Waals surface area contributed by atoms with Gasteiger partial charge in [0, 0.05) is 15.8 Å². The van der Waals surface area contributed by atoms with E-state index in [1.54, 1.807) is 17.4 Å². The van der Waals surface area contributed by atoms with E-state index < -0.39 is 12.0 Å². The van der Waals surface area contributed by atoms with Crippen molar-refractivity contribution in [2.75, 3.05) is 0 Å². The number of thiophene rings is 1. The van der Waals surface area contributed by atoms with Crippen molar-refractivity contribution in [2.45, 2.75) is 32.7 Å². The van der Waals surface area contributed by atoms with E-state index in [1.165, 1.54) is 11.0 Å². The number of rotatable bonds is 6. The summed E-state index contributed by atoms with van der Waals surface area (Å²) >= 11 is 1.58. The predicted molar refractivity (Wildman–Crippen MR) is 72.6 cm³/mol. The van der Waals surface area contributed by atoms with E-state index in [9.17, 15) is 9.59 Å². The first-order valence-corrected chi connectivity index (χ1v) is 6.62. The Bertz CT molecular complexity index is 451. The molecule has 0 unspecified atom stereocenters. The SMILES string of the molecule is CCC[C@H](NC(=O)/C=C/c1ccc(C)s1)C(=O)O. The van der Waals surface area contributed by atoms with Crippen LogP contribution >= 0.6 is 11.3 Å². The molecule has 1 heterocycles. The van der Waals surface area contributed by atoms with Crippen LogP contribution in [0.4, 0.5) is 0 Å². The Hall–Kier alpha value is -1.62. The number of nitrogens with one attached hydrogen (secondary N) is 1. The summed E-state index contributed by atoms with van der Waals surface area (Å²) in [5, 5.41) is 11.4. The quantitative estimate of drug-likeness (QED) is 0.778. The largest absolute Gasteiger partial charge is 0.480 e. The molecule has 0 aliphatic heterocycles. The van der Waals surface area contributed by atoms with E-state index in [0.29, 0.717) is 12.8 Å². The number of amides is 1. The lowest BCUT2D eigenvalue weighted by molar-refractivity contribution is -0.141. The first-order valence-electron chi connectivity index (χ1n) is 5.80. The molecule has 0 saturated carbocycles. The Labute approximate surface area is 110 Å². The molecule has 4 nitrogen and oxygen atoms in total. The van der Waals surface area contributed by atoms with Crippen molar-refractivity contribution >= 4 is 29.3 Å². The summed E-state index contributed by atoms with van der Waals surface area (Å²) in [6, 6.07) is 3.08. The summed E-state index contributed by atoms with van der Waals surface area (Å²) < 4.78 is 0. The highest BCUT2D eigenvalue weighted by Gasteiger charge is 2.17. The fourth-order valence-electron chi connectivity index (χ4n) is 1.47. The van der Waals surface area contributed by atoms with Gasteiger partial charge in [0.05, 0.1) is 0 Å². The Morgan fingerprint density at radius 1 is 1.50 bits per heavy atom. The number of carboxylic acid groups (broad SMARTS) is 1. The molecule has 0 aliphatic carbocycles. The third-order valence-electron chi connectivity index (χ3n) is 2.35. The van der Waals surface area contributed by atoms with Gasteiger partial charge in [0.2, 0.25) is 5.91 Å². The Morgan fingerprint density at radius 3 is 2.72 bits per heavy atom. The van der Waals surface area contributed by atoms with Crippen molar-refractivity contribution in [1.29, 1.82) is 0 Å². The van der Waals surface area contributed by atoms with Crippen LogP contribution in [0.5, 0.6) is 0 Å². The molecule has 0 spiro atoms. The molecule has 0 aromatic carbocycles. The average Bonchev–Trinajstić information content (AvgIpc) is 2.72. The van der Waals surface area contributed by atoms with Gasteiger partial charge in [-0.25, -0.2) is 4.79 Å². The molecule has 1 amide bonds. The Balaban J connectivity index is 2.54. The predicted octanol–water partition coefficient (Wildman–Crippen LogP) is 2.44. The number of carbonyl (C=O) groups excluding carboxylic acids is 1. The van der Waals surface area contributed by atoms with E-state index in [2.05, 4.69) is 5.32 Å². The van der Waals surface area contributed by atoms with E-state index in [4.69, 9.17) is 5.11 Å². The Kier molecular flexibility index (Phi) is 5.58. The van der Waals surface area contributed by atoms with Gasteiger partial charge in [-0.05, 0) is 31.6 Å². The minimum atomic E-state index is -0.995. The fourth-order valence-corrected chi connectivity index (χ4v) is 2.25. The first-order chi connectivity index (χ1) is 8.52. The smallest absolute Gasteiger partial charge is 0.326 e. The Morgan fingerprint density at radius 2 is 2.22 bits per heavy atom. The molecule has 2 N–H and O–H groups in total. The van der Waals surface area contributed by atoms with Crippen molar-refractivity contribution in [1.82, 2.24) is 5.32 Å². The number of hydrogen-bond donors (Lipinski definition) is 2. The van der Waals surface area contributed by atoms with Crippen LogP contribution in [0.25, 0.3) is 6.08 Å². The van der Waals surface area contributed by atoms with E-state index >= 15 is 0 Å².